The molecule has 60 heavy (non-hydrogen) atoms. The number of carbonyl (C=O) groups is 3. The fourth-order valence-corrected chi connectivity index (χ4v) is 7.37. The zero-order valence-corrected chi connectivity index (χ0v) is 40.0. The number of hydrogen-bond donors (Lipinski definition) is 0. The van der Waals surface area contributed by atoms with Crippen molar-refractivity contribution in [1.82, 2.24) is 0 Å². The van der Waals surface area contributed by atoms with Gasteiger partial charge in [-0.3, -0.25) is 14.4 Å². The molecule has 1 unspecified atom stereocenters. The SMILES string of the molecule is CCCCC/C=C\CCCCCCCC(=O)OCC(COC(=O)CCCCCCCCC/C=C\CCCCCCCC)OC(=O)CCCCCCC/C=C\CCCCCC. The van der Waals surface area contributed by atoms with Gasteiger partial charge in [0, 0.05) is 19.3 Å². The minimum absolute atomic E-state index is 0.0789. The standard InChI is InChI=1S/C54H98O6/c1-4-7-10-13-16-19-22-25-26-27-28-30-32-35-38-41-44-47-53(56)59-50-51(49-58-52(55)46-43-40-37-34-31-24-21-18-15-12-9-6-3)60-54(57)48-45-42-39-36-33-29-23-20-17-14-11-8-5-2/h18,20-21,23,25-26,51H,4-17,19,22,24,27-50H2,1-3H3/b21-18-,23-20-,26-25-. The van der Waals surface area contributed by atoms with Crippen LogP contribution >= 0.6 is 0 Å². The van der Waals surface area contributed by atoms with Crippen LogP contribution in [0.2, 0.25) is 0 Å². The maximum Gasteiger partial charge on any atom is 0.306 e. The Morgan fingerprint density at radius 1 is 0.317 bits per heavy atom. The van der Waals surface area contributed by atoms with Gasteiger partial charge in [0.2, 0.25) is 0 Å². The van der Waals surface area contributed by atoms with Gasteiger partial charge >= 0.3 is 17.9 Å². The highest BCUT2D eigenvalue weighted by Gasteiger charge is 2.19. The van der Waals surface area contributed by atoms with Crippen molar-refractivity contribution in [3.05, 3.63) is 36.5 Å². The van der Waals surface area contributed by atoms with Gasteiger partial charge in [0.05, 0.1) is 0 Å². The third-order valence-electron chi connectivity index (χ3n) is 11.3. The van der Waals surface area contributed by atoms with E-state index < -0.39 is 6.10 Å². The molecule has 0 aromatic carbocycles. The summed E-state index contributed by atoms with van der Waals surface area (Å²) >= 11 is 0. The largest absolute Gasteiger partial charge is 0.462 e. The van der Waals surface area contributed by atoms with Crippen LogP contribution in [0.25, 0.3) is 0 Å². The summed E-state index contributed by atoms with van der Waals surface area (Å²) in [6.07, 6.45) is 56.9. The Hall–Kier alpha value is -2.37. The molecule has 0 aromatic heterocycles. The predicted molar refractivity (Wildman–Crippen MR) is 256 cm³/mol. The van der Waals surface area contributed by atoms with E-state index in [-0.39, 0.29) is 31.1 Å². The van der Waals surface area contributed by atoms with Gasteiger partial charge in [-0.1, -0.05) is 192 Å². The van der Waals surface area contributed by atoms with Crippen molar-refractivity contribution >= 4 is 17.9 Å². The highest BCUT2D eigenvalue weighted by molar-refractivity contribution is 5.71. The Kier molecular flexibility index (Phi) is 47.3. The van der Waals surface area contributed by atoms with Crippen molar-refractivity contribution < 1.29 is 28.6 Å². The van der Waals surface area contributed by atoms with E-state index in [0.29, 0.717) is 19.3 Å². The molecule has 0 fully saturated rings. The molecule has 1 atom stereocenters. The first kappa shape index (κ1) is 57.6. The molecule has 0 heterocycles. The van der Waals surface area contributed by atoms with Crippen LogP contribution < -0.4 is 0 Å². The van der Waals surface area contributed by atoms with Crippen LogP contribution in [0.1, 0.15) is 271 Å². The highest BCUT2D eigenvalue weighted by Crippen LogP contribution is 2.14. The average Bonchev–Trinajstić information content (AvgIpc) is 3.24. The van der Waals surface area contributed by atoms with Crippen LogP contribution in [0.3, 0.4) is 0 Å². The Bertz CT molecular complexity index is 1020. The van der Waals surface area contributed by atoms with E-state index in [4.69, 9.17) is 14.2 Å². The van der Waals surface area contributed by atoms with Gasteiger partial charge in [0.25, 0.3) is 0 Å². The van der Waals surface area contributed by atoms with Crippen molar-refractivity contribution in [3.8, 4) is 0 Å². The first-order chi connectivity index (χ1) is 29.5. The van der Waals surface area contributed by atoms with Crippen LogP contribution in [-0.2, 0) is 28.6 Å². The van der Waals surface area contributed by atoms with Crippen LogP contribution in [0.15, 0.2) is 36.5 Å². The Morgan fingerprint density at radius 3 is 0.883 bits per heavy atom. The summed E-state index contributed by atoms with van der Waals surface area (Å²) in [5.74, 6) is -0.893. The van der Waals surface area contributed by atoms with Gasteiger partial charge < -0.3 is 14.2 Å². The monoisotopic (exact) mass is 843 g/mol. The van der Waals surface area contributed by atoms with E-state index in [9.17, 15) is 14.4 Å². The smallest absolute Gasteiger partial charge is 0.306 e. The number of carbonyl (C=O) groups excluding carboxylic acids is 3. The number of rotatable bonds is 47. The summed E-state index contributed by atoms with van der Waals surface area (Å²) in [6, 6.07) is 0. The normalized spacial score (nSPS) is 12.2. The minimum Gasteiger partial charge on any atom is -0.462 e. The van der Waals surface area contributed by atoms with E-state index in [1.54, 1.807) is 0 Å². The molecule has 0 aromatic rings. The molecule has 0 amide bonds. The third-order valence-corrected chi connectivity index (χ3v) is 11.3. The highest BCUT2D eigenvalue weighted by atomic mass is 16.6. The van der Waals surface area contributed by atoms with Crippen LogP contribution in [0, 0.1) is 0 Å². The lowest BCUT2D eigenvalue weighted by molar-refractivity contribution is -0.167. The van der Waals surface area contributed by atoms with Crippen LogP contribution in [-0.4, -0.2) is 37.2 Å². The van der Waals surface area contributed by atoms with Gasteiger partial charge in [-0.15, -0.1) is 0 Å². The van der Waals surface area contributed by atoms with Gasteiger partial charge in [-0.05, 0) is 96.3 Å². The van der Waals surface area contributed by atoms with Crippen molar-refractivity contribution in [2.45, 2.75) is 277 Å². The van der Waals surface area contributed by atoms with E-state index in [2.05, 4.69) is 57.2 Å². The van der Waals surface area contributed by atoms with Crippen LogP contribution in [0.4, 0.5) is 0 Å². The second-order valence-corrected chi connectivity index (χ2v) is 17.4. The van der Waals surface area contributed by atoms with Gasteiger partial charge in [0.15, 0.2) is 6.10 Å². The Balaban J connectivity index is 4.36. The zero-order valence-electron chi connectivity index (χ0n) is 40.0. The maximum atomic E-state index is 12.8. The molecule has 0 radical (unpaired) electrons. The first-order valence-electron chi connectivity index (χ1n) is 26.0. The van der Waals surface area contributed by atoms with Crippen LogP contribution in [0.5, 0.6) is 0 Å². The van der Waals surface area contributed by atoms with Crippen molar-refractivity contribution in [2.75, 3.05) is 13.2 Å². The lowest BCUT2D eigenvalue weighted by Crippen LogP contribution is -2.30. The molecule has 6 nitrogen and oxygen atoms in total. The fraction of sp³-hybridized carbons (Fsp3) is 0.833. The number of allylic oxidation sites excluding steroid dienone is 6. The molecule has 0 saturated heterocycles. The summed E-state index contributed by atoms with van der Waals surface area (Å²) < 4.78 is 16.8. The molecule has 0 N–H and O–H groups in total. The molecule has 0 spiro atoms. The fourth-order valence-electron chi connectivity index (χ4n) is 7.37. The molecule has 0 rings (SSSR count). The second kappa shape index (κ2) is 49.3. The molecule has 6 heteroatoms. The van der Waals surface area contributed by atoms with Crippen molar-refractivity contribution in [3.63, 3.8) is 0 Å². The second-order valence-electron chi connectivity index (χ2n) is 17.4. The number of unbranched alkanes of at least 4 members (excludes halogenated alkanes) is 30. The predicted octanol–water partition coefficient (Wildman–Crippen LogP) is 16.9. The number of ether oxygens (including phenoxy) is 3. The third kappa shape index (κ3) is 46.7. The lowest BCUT2D eigenvalue weighted by Gasteiger charge is -2.18. The van der Waals surface area contributed by atoms with Gasteiger partial charge in [0.1, 0.15) is 13.2 Å². The maximum absolute atomic E-state index is 12.8. The van der Waals surface area contributed by atoms with Gasteiger partial charge in [-0.25, -0.2) is 0 Å². The Labute approximate surface area is 372 Å². The molecule has 0 saturated carbocycles. The molecule has 0 aliphatic heterocycles. The lowest BCUT2D eigenvalue weighted by atomic mass is 10.1. The molecule has 0 bridgehead atoms. The number of esters is 3. The van der Waals surface area contributed by atoms with E-state index in [1.807, 2.05) is 0 Å². The number of hydrogen-bond acceptors (Lipinski definition) is 6. The van der Waals surface area contributed by atoms with E-state index in [0.717, 1.165) is 77.0 Å². The van der Waals surface area contributed by atoms with E-state index in [1.165, 1.54) is 154 Å². The topological polar surface area (TPSA) is 78.9 Å². The summed E-state index contributed by atoms with van der Waals surface area (Å²) in [6.45, 7) is 6.59. The minimum atomic E-state index is -0.778. The molecule has 0 aliphatic rings. The van der Waals surface area contributed by atoms with Crippen molar-refractivity contribution in [1.29, 1.82) is 0 Å². The quantitative estimate of drug-likeness (QED) is 0.0263. The average molecular weight is 843 g/mol. The molecular formula is C54H98O6. The Morgan fingerprint density at radius 2 is 0.550 bits per heavy atom. The first-order valence-corrected chi connectivity index (χ1v) is 26.0. The van der Waals surface area contributed by atoms with Gasteiger partial charge in [-0.2, -0.15) is 0 Å². The molecule has 0 aliphatic carbocycles. The summed E-state index contributed by atoms with van der Waals surface area (Å²) in [5.41, 5.74) is 0. The zero-order chi connectivity index (χ0) is 43.7. The molecular weight excluding hydrogens is 745 g/mol. The van der Waals surface area contributed by atoms with E-state index >= 15 is 0 Å². The summed E-state index contributed by atoms with van der Waals surface area (Å²) in [7, 11) is 0. The summed E-state index contributed by atoms with van der Waals surface area (Å²) in [5, 5.41) is 0. The van der Waals surface area contributed by atoms with Crippen molar-refractivity contribution in [2.24, 2.45) is 0 Å². The summed E-state index contributed by atoms with van der Waals surface area (Å²) in [4.78, 5) is 37.9. The molecule has 350 valence electrons.